The number of hydrogen-bond acceptors (Lipinski definition) is 4. The monoisotopic (exact) mass is 426 g/mol. The molecule has 31 heavy (non-hydrogen) atoms. The van der Waals surface area contributed by atoms with E-state index in [1.807, 2.05) is 50.2 Å². The van der Waals surface area contributed by atoms with Gasteiger partial charge in [0.05, 0.1) is 6.61 Å². The Labute approximate surface area is 185 Å². The summed E-state index contributed by atoms with van der Waals surface area (Å²) in [5.74, 6) is 0.00209. The number of nitrogens with zero attached hydrogens (tertiary/aromatic N) is 1. The first-order chi connectivity index (χ1) is 14.9. The van der Waals surface area contributed by atoms with Gasteiger partial charge in [-0.15, -0.1) is 0 Å². The van der Waals surface area contributed by atoms with E-state index in [-0.39, 0.29) is 24.7 Å². The molecule has 2 aromatic carbocycles. The lowest BCUT2D eigenvalue weighted by Crippen LogP contribution is -2.41. The smallest absolute Gasteiger partial charge is 0.410 e. The fourth-order valence-corrected chi connectivity index (χ4v) is 3.15. The minimum absolute atomic E-state index is 0.0609. The summed E-state index contributed by atoms with van der Waals surface area (Å²) in [7, 11) is 0. The van der Waals surface area contributed by atoms with E-state index in [0.717, 1.165) is 47.9 Å². The van der Waals surface area contributed by atoms with Crippen LogP contribution in [-0.4, -0.2) is 41.7 Å². The van der Waals surface area contributed by atoms with Gasteiger partial charge in [0.15, 0.2) is 0 Å². The van der Waals surface area contributed by atoms with Gasteiger partial charge < -0.3 is 15.2 Å². The van der Waals surface area contributed by atoms with Crippen LogP contribution in [-0.2, 0) is 16.1 Å². The Balaban J connectivity index is 2.17. The Morgan fingerprint density at radius 3 is 2.58 bits per heavy atom. The van der Waals surface area contributed by atoms with E-state index in [4.69, 9.17) is 4.74 Å². The third-order valence-corrected chi connectivity index (χ3v) is 4.93. The maximum atomic E-state index is 12.6. The van der Waals surface area contributed by atoms with E-state index in [9.17, 15) is 14.7 Å². The minimum atomic E-state index is -0.497. The number of amides is 2. The SMILES string of the molecule is CCCCNC(=O)CN(Cc1cccc(-c2cc(C)ccc2O)c1)C(=O)OCCCC. The molecule has 0 atom stereocenters. The predicted molar refractivity (Wildman–Crippen MR) is 123 cm³/mol. The molecular weight excluding hydrogens is 392 g/mol. The highest BCUT2D eigenvalue weighted by Gasteiger charge is 2.19. The number of aryl methyl sites for hydroxylation is 1. The largest absolute Gasteiger partial charge is 0.507 e. The molecule has 2 aromatic rings. The third kappa shape index (κ3) is 7.96. The molecule has 0 radical (unpaired) electrons. The fourth-order valence-electron chi connectivity index (χ4n) is 3.15. The summed E-state index contributed by atoms with van der Waals surface area (Å²) in [4.78, 5) is 26.4. The van der Waals surface area contributed by atoms with E-state index in [1.165, 1.54) is 4.90 Å². The number of unbranched alkanes of at least 4 members (excludes halogenated alkanes) is 2. The van der Waals surface area contributed by atoms with Crippen molar-refractivity contribution in [1.29, 1.82) is 0 Å². The Bertz CT molecular complexity index is 866. The van der Waals surface area contributed by atoms with Crippen molar-refractivity contribution in [3.63, 3.8) is 0 Å². The Morgan fingerprint density at radius 1 is 1.06 bits per heavy atom. The summed E-state index contributed by atoms with van der Waals surface area (Å²) in [6.07, 6.45) is 3.09. The summed E-state index contributed by atoms with van der Waals surface area (Å²) in [6, 6.07) is 13.1. The van der Waals surface area contributed by atoms with Crippen molar-refractivity contribution in [3.8, 4) is 16.9 Å². The van der Waals surface area contributed by atoms with Crippen LogP contribution < -0.4 is 5.32 Å². The molecule has 0 aromatic heterocycles. The molecule has 0 saturated carbocycles. The summed E-state index contributed by atoms with van der Waals surface area (Å²) in [6.45, 7) is 7.16. The van der Waals surface area contributed by atoms with Crippen molar-refractivity contribution >= 4 is 12.0 Å². The first kappa shape index (κ1) is 24.3. The third-order valence-electron chi connectivity index (χ3n) is 4.93. The van der Waals surface area contributed by atoms with E-state index in [2.05, 4.69) is 12.2 Å². The van der Waals surface area contributed by atoms with Crippen molar-refractivity contribution in [1.82, 2.24) is 10.2 Å². The van der Waals surface area contributed by atoms with Gasteiger partial charge in [-0.3, -0.25) is 9.69 Å². The molecule has 6 nitrogen and oxygen atoms in total. The lowest BCUT2D eigenvalue weighted by atomic mass is 10.0. The number of benzene rings is 2. The maximum Gasteiger partial charge on any atom is 0.410 e. The second-order valence-electron chi connectivity index (χ2n) is 7.75. The van der Waals surface area contributed by atoms with Crippen LogP contribution >= 0.6 is 0 Å². The molecule has 168 valence electrons. The van der Waals surface area contributed by atoms with Crippen molar-refractivity contribution in [3.05, 3.63) is 53.6 Å². The molecule has 0 aliphatic rings. The number of nitrogens with one attached hydrogen (secondary N) is 1. The first-order valence-corrected chi connectivity index (χ1v) is 11.0. The second kappa shape index (κ2) is 12.6. The Morgan fingerprint density at radius 2 is 1.84 bits per heavy atom. The number of hydrogen-bond donors (Lipinski definition) is 2. The molecule has 0 spiro atoms. The van der Waals surface area contributed by atoms with Gasteiger partial charge in [-0.25, -0.2) is 4.79 Å². The molecule has 2 rings (SSSR count). The quantitative estimate of drug-likeness (QED) is 0.494. The molecular formula is C25H34N2O4. The van der Waals surface area contributed by atoms with Crippen molar-refractivity contribution in [2.45, 2.75) is 53.0 Å². The molecule has 0 saturated heterocycles. The molecule has 0 fully saturated rings. The van der Waals surface area contributed by atoms with Crippen molar-refractivity contribution in [2.24, 2.45) is 0 Å². The summed E-state index contributed by atoms with van der Waals surface area (Å²) < 4.78 is 5.36. The van der Waals surface area contributed by atoms with Crippen LogP contribution in [0.25, 0.3) is 11.1 Å². The van der Waals surface area contributed by atoms with Crippen LogP contribution in [0.4, 0.5) is 4.79 Å². The van der Waals surface area contributed by atoms with Gasteiger partial charge in [0, 0.05) is 18.7 Å². The van der Waals surface area contributed by atoms with Crippen LogP contribution in [0.15, 0.2) is 42.5 Å². The first-order valence-electron chi connectivity index (χ1n) is 11.0. The van der Waals surface area contributed by atoms with E-state index in [0.29, 0.717) is 13.2 Å². The second-order valence-corrected chi connectivity index (χ2v) is 7.75. The zero-order chi connectivity index (χ0) is 22.6. The minimum Gasteiger partial charge on any atom is -0.507 e. The summed E-state index contributed by atoms with van der Waals surface area (Å²) >= 11 is 0. The van der Waals surface area contributed by atoms with Crippen LogP contribution in [0.3, 0.4) is 0 Å². The highest BCUT2D eigenvalue weighted by molar-refractivity contribution is 5.82. The number of phenolic OH excluding ortho intramolecular Hbond substituents is 1. The van der Waals surface area contributed by atoms with Gasteiger partial charge in [-0.05, 0) is 49.1 Å². The molecule has 6 heteroatoms. The molecule has 0 unspecified atom stereocenters. The normalized spacial score (nSPS) is 10.5. The van der Waals surface area contributed by atoms with Crippen molar-refractivity contribution in [2.75, 3.05) is 19.7 Å². The van der Waals surface area contributed by atoms with Gasteiger partial charge in [0.1, 0.15) is 12.3 Å². The average molecular weight is 427 g/mol. The zero-order valence-corrected chi connectivity index (χ0v) is 18.8. The number of rotatable bonds is 11. The highest BCUT2D eigenvalue weighted by Crippen LogP contribution is 2.30. The van der Waals surface area contributed by atoms with Gasteiger partial charge in [-0.2, -0.15) is 0 Å². The van der Waals surface area contributed by atoms with Gasteiger partial charge in [0.2, 0.25) is 5.91 Å². The maximum absolute atomic E-state index is 12.6. The lowest BCUT2D eigenvalue weighted by molar-refractivity contribution is -0.122. The van der Waals surface area contributed by atoms with Gasteiger partial charge in [0.25, 0.3) is 0 Å². The van der Waals surface area contributed by atoms with E-state index < -0.39 is 6.09 Å². The summed E-state index contributed by atoms with van der Waals surface area (Å²) in [5, 5.41) is 13.1. The number of phenols is 1. The van der Waals surface area contributed by atoms with Gasteiger partial charge in [-0.1, -0.05) is 56.5 Å². The number of carbonyl (C=O) groups excluding carboxylic acids is 2. The molecule has 0 aliphatic carbocycles. The Kier molecular flexibility index (Phi) is 9.88. The number of aromatic hydroxyl groups is 1. The molecule has 0 aliphatic heterocycles. The molecule has 2 N–H and O–H groups in total. The highest BCUT2D eigenvalue weighted by atomic mass is 16.6. The fraction of sp³-hybridized carbons (Fsp3) is 0.440. The van der Waals surface area contributed by atoms with Crippen LogP contribution in [0.5, 0.6) is 5.75 Å². The lowest BCUT2D eigenvalue weighted by Gasteiger charge is -2.22. The van der Waals surface area contributed by atoms with Crippen LogP contribution in [0.1, 0.15) is 50.7 Å². The van der Waals surface area contributed by atoms with E-state index >= 15 is 0 Å². The molecule has 0 bridgehead atoms. The number of carbonyl (C=O) groups is 2. The van der Waals surface area contributed by atoms with Gasteiger partial charge >= 0.3 is 6.09 Å². The number of ether oxygens (including phenoxy) is 1. The van der Waals surface area contributed by atoms with Crippen LogP contribution in [0.2, 0.25) is 0 Å². The van der Waals surface area contributed by atoms with Crippen molar-refractivity contribution < 1.29 is 19.4 Å². The van der Waals surface area contributed by atoms with Crippen LogP contribution in [0, 0.1) is 6.92 Å². The topological polar surface area (TPSA) is 78.9 Å². The molecule has 2 amide bonds. The predicted octanol–water partition coefficient (Wildman–Crippen LogP) is 5.02. The van der Waals surface area contributed by atoms with E-state index in [1.54, 1.807) is 6.07 Å². The zero-order valence-electron chi connectivity index (χ0n) is 18.8. The average Bonchev–Trinajstić information content (AvgIpc) is 2.75. The summed E-state index contributed by atoms with van der Waals surface area (Å²) in [5.41, 5.74) is 3.48. The standard InChI is InChI=1S/C25H34N2O4/c1-4-6-13-26-24(29)18-27(25(30)31-14-7-5-2)17-20-9-8-10-21(16-20)22-15-19(3)11-12-23(22)28/h8-12,15-16,28H,4-7,13-14,17-18H2,1-3H3,(H,26,29). The Hall–Kier alpha value is -3.02. The molecule has 0 heterocycles.